The number of allylic oxidation sites excluding steroid dienone is 6. The minimum atomic E-state index is -0.985. The fourth-order valence-corrected chi connectivity index (χ4v) is 2.42. The molecule has 0 aliphatic heterocycles. The van der Waals surface area contributed by atoms with E-state index in [-0.39, 0.29) is 49.6 Å². The van der Waals surface area contributed by atoms with Crippen LogP contribution in [0.2, 0.25) is 0 Å². The molecule has 0 spiro atoms. The predicted octanol–water partition coefficient (Wildman–Crippen LogP) is 0.629. The van der Waals surface area contributed by atoms with Crippen LogP contribution in [-0.2, 0) is 9.59 Å². The van der Waals surface area contributed by atoms with E-state index >= 15 is 0 Å². The van der Waals surface area contributed by atoms with Gasteiger partial charge in [-0.25, -0.2) is 0 Å². The van der Waals surface area contributed by atoms with Crippen LogP contribution >= 0.6 is 0 Å². The fourth-order valence-electron chi connectivity index (χ4n) is 2.42. The number of aliphatic carboxylic acids is 2. The van der Waals surface area contributed by atoms with Gasteiger partial charge in [0.1, 0.15) is 0 Å². The number of carbonyl (C=O) groups excluding carboxylic acids is 2. The van der Waals surface area contributed by atoms with Crippen LogP contribution in [-0.4, -0.2) is 49.7 Å². The van der Waals surface area contributed by atoms with Crippen molar-refractivity contribution in [3.63, 3.8) is 0 Å². The number of hydrogen-bond donors (Lipinski definition) is 0. The van der Waals surface area contributed by atoms with E-state index in [9.17, 15) is 19.8 Å². The van der Waals surface area contributed by atoms with Gasteiger partial charge in [0.15, 0.2) is 0 Å². The van der Waals surface area contributed by atoms with Gasteiger partial charge in [-0.3, -0.25) is 0 Å². The second-order valence-electron chi connectivity index (χ2n) is 5.86. The van der Waals surface area contributed by atoms with Crippen molar-refractivity contribution in [3.8, 4) is 0 Å². The van der Waals surface area contributed by atoms with Gasteiger partial charge in [0.2, 0.25) is 0 Å². The average molecular weight is 342 g/mol. The quantitative estimate of drug-likeness (QED) is 0.689. The van der Waals surface area contributed by atoms with Gasteiger partial charge in [-0.05, 0) is 25.7 Å². The Labute approximate surface area is 167 Å². The smallest absolute Gasteiger partial charge is 0.549 e. The number of carboxylic acid groups (broad SMARTS) is 2. The third-order valence-electron chi connectivity index (χ3n) is 4.41. The summed E-state index contributed by atoms with van der Waals surface area (Å²) in [5, 5.41) is 21.0. The van der Waals surface area contributed by atoms with Crippen LogP contribution in [0.4, 0.5) is 0 Å². The van der Waals surface area contributed by atoms with Crippen LogP contribution in [0.25, 0.3) is 0 Å². The summed E-state index contributed by atoms with van der Waals surface area (Å²) in [7, 11) is 0. The zero-order valence-electron chi connectivity index (χ0n) is 14.1. The summed E-state index contributed by atoms with van der Waals surface area (Å²) in [6.45, 7) is 7.67. The molecular weight excluding hydrogens is 320 g/mol. The summed E-state index contributed by atoms with van der Waals surface area (Å²) in [6.07, 6.45) is 10.8. The molecule has 4 unspecified atom stereocenters. The summed E-state index contributed by atoms with van der Waals surface area (Å²) in [5.74, 6) is -2.71. The molecule has 0 amide bonds. The summed E-state index contributed by atoms with van der Waals surface area (Å²) >= 11 is 0. The van der Waals surface area contributed by atoms with Crippen molar-refractivity contribution < 1.29 is 19.8 Å². The third-order valence-corrected chi connectivity index (χ3v) is 4.41. The van der Waals surface area contributed by atoms with Crippen molar-refractivity contribution in [3.05, 3.63) is 47.6 Å². The Morgan fingerprint density at radius 1 is 0.826 bits per heavy atom. The Morgan fingerprint density at radius 2 is 1.13 bits per heavy atom. The van der Waals surface area contributed by atoms with E-state index in [1.165, 1.54) is 0 Å². The second kappa shape index (κ2) is 10.1. The topological polar surface area (TPSA) is 80.3 Å². The fraction of sp³-hybridized carbons (Fsp3) is 0.444. The number of hydrogen-bond acceptors (Lipinski definition) is 4. The third kappa shape index (κ3) is 6.28. The summed E-state index contributed by atoms with van der Waals surface area (Å²) in [6, 6.07) is 0. The molecule has 2 aliphatic carbocycles. The van der Waals surface area contributed by atoms with Gasteiger partial charge in [0.05, 0.1) is 0 Å². The standard InChI is InChI=1S/2C9H12O2.Ca/c2*1-6-4-3-5-8(7(6)2)9(10)11;/h2*3-5,7-8H,1-2H3,(H,10,11);/q;;+2/p-2. The zero-order chi connectivity index (χ0) is 16.9. The van der Waals surface area contributed by atoms with E-state index in [4.69, 9.17) is 0 Å². The molecule has 0 fully saturated rings. The van der Waals surface area contributed by atoms with Crippen LogP contribution in [0.15, 0.2) is 47.6 Å². The first-order chi connectivity index (χ1) is 10.3. The maximum Gasteiger partial charge on any atom is 2.00 e. The molecule has 0 heterocycles. The van der Waals surface area contributed by atoms with Crippen LogP contribution in [0.3, 0.4) is 0 Å². The minimum Gasteiger partial charge on any atom is -0.549 e. The molecule has 0 saturated carbocycles. The first kappa shape index (κ1) is 22.2. The van der Waals surface area contributed by atoms with Crippen molar-refractivity contribution >= 4 is 49.7 Å². The molecule has 0 aromatic heterocycles. The van der Waals surface area contributed by atoms with Crippen molar-refractivity contribution in [1.29, 1.82) is 0 Å². The van der Waals surface area contributed by atoms with Crippen LogP contribution in [0.1, 0.15) is 27.7 Å². The minimum absolute atomic E-state index is 0. The molecule has 0 aromatic rings. The van der Waals surface area contributed by atoms with Crippen molar-refractivity contribution in [2.75, 3.05) is 0 Å². The molecule has 5 heteroatoms. The molecule has 2 aliphatic rings. The number of carboxylic acids is 2. The largest absolute Gasteiger partial charge is 2.00 e. The Balaban J connectivity index is 0.000000403. The van der Waals surface area contributed by atoms with Crippen LogP contribution in [0.5, 0.6) is 0 Å². The molecular formula is C18H22CaO4. The monoisotopic (exact) mass is 342 g/mol. The first-order valence-electron chi connectivity index (χ1n) is 7.37. The van der Waals surface area contributed by atoms with Crippen molar-refractivity contribution in [2.45, 2.75) is 27.7 Å². The van der Waals surface area contributed by atoms with E-state index in [1.807, 2.05) is 39.8 Å². The van der Waals surface area contributed by atoms with Crippen LogP contribution in [0, 0.1) is 23.7 Å². The molecule has 120 valence electrons. The van der Waals surface area contributed by atoms with E-state index in [0.29, 0.717) is 0 Å². The maximum atomic E-state index is 10.5. The first-order valence-corrected chi connectivity index (χ1v) is 7.37. The summed E-state index contributed by atoms with van der Waals surface area (Å²) in [5.41, 5.74) is 2.20. The van der Waals surface area contributed by atoms with E-state index in [1.54, 1.807) is 24.3 Å². The zero-order valence-corrected chi connectivity index (χ0v) is 16.3. The van der Waals surface area contributed by atoms with Gasteiger partial charge in [-0.2, -0.15) is 0 Å². The molecule has 4 atom stereocenters. The normalized spacial score (nSPS) is 28.5. The van der Waals surface area contributed by atoms with Crippen molar-refractivity contribution in [1.82, 2.24) is 0 Å². The molecule has 0 N–H and O–H groups in total. The Bertz CT molecular complexity index is 507. The molecule has 0 aromatic carbocycles. The van der Waals surface area contributed by atoms with Gasteiger partial charge in [-0.1, -0.05) is 61.4 Å². The van der Waals surface area contributed by atoms with Gasteiger partial charge >= 0.3 is 37.7 Å². The van der Waals surface area contributed by atoms with E-state index < -0.39 is 23.8 Å². The summed E-state index contributed by atoms with van der Waals surface area (Å²) < 4.78 is 0. The maximum absolute atomic E-state index is 10.5. The van der Waals surface area contributed by atoms with Gasteiger partial charge in [0, 0.05) is 23.8 Å². The van der Waals surface area contributed by atoms with Gasteiger partial charge < -0.3 is 19.8 Å². The van der Waals surface area contributed by atoms with E-state index in [0.717, 1.165) is 11.1 Å². The molecule has 2 rings (SSSR count). The number of rotatable bonds is 2. The summed E-state index contributed by atoms with van der Waals surface area (Å²) in [4.78, 5) is 21.0. The van der Waals surface area contributed by atoms with Crippen molar-refractivity contribution in [2.24, 2.45) is 23.7 Å². The number of carbonyl (C=O) groups is 2. The molecule has 23 heavy (non-hydrogen) atoms. The van der Waals surface area contributed by atoms with Gasteiger partial charge in [0.25, 0.3) is 0 Å². The Kier molecular flexibility index (Phi) is 9.74. The second-order valence-corrected chi connectivity index (χ2v) is 5.86. The molecule has 4 nitrogen and oxygen atoms in total. The van der Waals surface area contributed by atoms with Crippen LogP contribution < -0.4 is 10.2 Å². The SMILES string of the molecule is CC1=CC=CC(C(=O)[O-])C1C.CC1=CC=CC(C(=O)[O-])C1C.[Ca+2]. The predicted molar refractivity (Wildman–Crippen MR) is 86.9 cm³/mol. The van der Waals surface area contributed by atoms with Gasteiger partial charge in [-0.15, -0.1) is 0 Å². The Hall–Kier alpha value is -0.840. The molecule has 0 saturated heterocycles. The van der Waals surface area contributed by atoms with E-state index in [2.05, 4.69) is 0 Å². The Morgan fingerprint density at radius 3 is 1.35 bits per heavy atom. The molecule has 0 radical (unpaired) electrons. The molecule has 0 bridgehead atoms. The average Bonchev–Trinajstić information content (AvgIpc) is 2.45.